The van der Waals surface area contributed by atoms with Gasteiger partial charge in [0.25, 0.3) is 5.91 Å². The molecule has 0 radical (unpaired) electrons. The van der Waals surface area contributed by atoms with E-state index < -0.39 is 15.9 Å². The fourth-order valence-corrected chi connectivity index (χ4v) is 4.82. The topological polar surface area (TPSA) is 79.6 Å². The van der Waals surface area contributed by atoms with E-state index in [1.807, 2.05) is 0 Å². The number of carbonyl (C=O) groups excluding carboxylic acids is 1. The van der Waals surface area contributed by atoms with Gasteiger partial charge in [-0.05, 0) is 50.1 Å². The number of nitrogens with one attached hydrogen (secondary N) is 1. The van der Waals surface area contributed by atoms with Crippen LogP contribution in [0.1, 0.15) is 41.9 Å². The van der Waals surface area contributed by atoms with Gasteiger partial charge in [0, 0.05) is 18.7 Å². The van der Waals surface area contributed by atoms with Gasteiger partial charge >= 0.3 is 0 Å². The highest BCUT2D eigenvalue weighted by Gasteiger charge is 2.30. The van der Waals surface area contributed by atoms with Crippen LogP contribution < -0.4 is 5.32 Å². The molecule has 0 aliphatic carbocycles. The Balaban J connectivity index is 1.85. The Morgan fingerprint density at radius 1 is 1.28 bits per heavy atom. The number of sulfonamides is 1. The lowest BCUT2D eigenvalue weighted by Gasteiger charge is -2.17. The number of rotatable bonds is 5. The number of hydrogen-bond donors (Lipinski definition) is 1. The molecule has 1 atom stereocenters. The molecule has 0 spiro atoms. The summed E-state index contributed by atoms with van der Waals surface area (Å²) < 4.78 is 32.1. The van der Waals surface area contributed by atoms with E-state index in [-0.39, 0.29) is 21.5 Å². The van der Waals surface area contributed by atoms with Crippen molar-refractivity contribution in [1.82, 2.24) is 9.62 Å². The fraction of sp³-hybridized carbons (Fsp3) is 0.353. The number of nitrogens with zero attached hydrogens (tertiary/aromatic N) is 1. The van der Waals surface area contributed by atoms with Gasteiger partial charge in [-0.25, -0.2) is 8.42 Å². The van der Waals surface area contributed by atoms with E-state index in [9.17, 15) is 13.2 Å². The summed E-state index contributed by atoms with van der Waals surface area (Å²) in [6.07, 6.45) is 3.19. The van der Waals surface area contributed by atoms with Crippen LogP contribution >= 0.6 is 11.6 Å². The largest absolute Gasteiger partial charge is 0.467 e. The molecule has 0 saturated carbocycles. The van der Waals surface area contributed by atoms with Crippen molar-refractivity contribution in [2.24, 2.45) is 0 Å². The van der Waals surface area contributed by atoms with Crippen LogP contribution in [0.5, 0.6) is 0 Å². The zero-order valence-corrected chi connectivity index (χ0v) is 15.3. The maximum atomic E-state index is 12.7. The van der Waals surface area contributed by atoms with Gasteiger partial charge in [-0.2, -0.15) is 4.31 Å². The van der Waals surface area contributed by atoms with E-state index >= 15 is 0 Å². The molecule has 1 N–H and O–H groups in total. The summed E-state index contributed by atoms with van der Waals surface area (Å²) in [7, 11) is -3.69. The molecule has 1 aliphatic rings. The lowest BCUT2D eigenvalue weighted by molar-refractivity contribution is 0.0935. The Labute approximate surface area is 151 Å². The highest BCUT2D eigenvalue weighted by Crippen LogP contribution is 2.28. The normalized spacial score (nSPS) is 16.7. The van der Waals surface area contributed by atoms with Crippen molar-refractivity contribution >= 4 is 27.5 Å². The molecule has 0 unspecified atom stereocenters. The quantitative estimate of drug-likeness (QED) is 0.861. The molecule has 1 saturated heterocycles. The third-order valence-corrected chi connectivity index (χ3v) is 6.57. The van der Waals surface area contributed by atoms with Gasteiger partial charge in [-0.3, -0.25) is 4.79 Å². The van der Waals surface area contributed by atoms with Crippen molar-refractivity contribution in [3.05, 3.63) is 52.9 Å². The van der Waals surface area contributed by atoms with Gasteiger partial charge in [-0.1, -0.05) is 11.6 Å². The van der Waals surface area contributed by atoms with Crippen molar-refractivity contribution in [2.75, 3.05) is 13.1 Å². The SMILES string of the molecule is C[C@@H](NC(=O)c1ccc(Cl)c(S(=O)(=O)N2CCCC2)c1)c1ccco1. The molecule has 134 valence electrons. The molecular formula is C17H19ClN2O4S. The number of carbonyl (C=O) groups is 1. The Morgan fingerprint density at radius 3 is 2.64 bits per heavy atom. The van der Waals surface area contributed by atoms with E-state index in [1.54, 1.807) is 19.1 Å². The lowest BCUT2D eigenvalue weighted by atomic mass is 10.2. The molecule has 1 fully saturated rings. The van der Waals surface area contributed by atoms with Crippen LogP contribution in [0.4, 0.5) is 0 Å². The second kappa shape index (κ2) is 7.19. The number of benzene rings is 1. The molecule has 8 heteroatoms. The molecule has 1 aromatic heterocycles. The van der Waals surface area contributed by atoms with Crippen LogP contribution in [0, 0.1) is 0 Å². The first-order valence-corrected chi connectivity index (χ1v) is 9.85. The van der Waals surface area contributed by atoms with Crippen LogP contribution in [0.3, 0.4) is 0 Å². The minimum atomic E-state index is -3.69. The zero-order chi connectivity index (χ0) is 18.0. The first kappa shape index (κ1) is 18.0. The van der Waals surface area contributed by atoms with Crippen molar-refractivity contribution in [1.29, 1.82) is 0 Å². The first-order valence-electron chi connectivity index (χ1n) is 8.03. The standard InChI is InChI=1S/C17H19ClN2O4S/c1-12(15-5-4-10-24-15)19-17(21)13-6-7-14(18)16(11-13)25(22,23)20-8-2-3-9-20/h4-7,10-12H,2-3,8-9H2,1H3,(H,19,21)/t12-/m1/s1. The van der Waals surface area contributed by atoms with Gasteiger partial charge in [0.05, 0.1) is 17.3 Å². The van der Waals surface area contributed by atoms with Crippen LogP contribution in [-0.4, -0.2) is 31.7 Å². The molecule has 2 aromatic rings. The molecule has 2 heterocycles. The highest BCUT2D eigenvalue weighted by atomic mass is 35.5. The minimum Gasteiger partial charge on any atom is -0.467 e. The van der Waals surface area contributed by atoms with E-state index in [1.165, 1.54) is 28.8 Å². The second-order valence-corrected chi connectivity index (χ2v) is 8.28. The first-order chi connectivity index (χ1) is 11.9. The summed E-state index contributed by atoms with van der Waals surface area (Å²) >= 11 is 6.10. The van der Waals surface area contributed by atoms with Crippen molar-refractivity contribution in [3.8, 4) is 0 Å². The fourth-order valence-electron chi connectivity index (χ4n) is 2.80. The minimum absolute atomic E-state index is 0.0330. The number of hydrogen-bond acceptors (Lipinski definition) is 4. The average molecular weight is 383 g/mol. The molecule has 6 nitrogen and oxygen atoms in total. The molecule has 25 heavy (non-hydrogen) atoms. The van der Waals surface area contributed by atoms with Crippen LogP contribution in [0.25, 0.3) is 0 Å². The summed E-state index contributed by atoms with van der Waals surface area (Å²) in [6.45, 7) is 2.74. The van der Waals surface area contributed by atoms with Crippen molar-refractivity contribution in [2.45, 2.75) is 30.7 Å². The molecule has 3 rings (SSSR count). The summed E-state index contributed by atoms with van der Waals surface area (Å²) in [6, 6.07) is 7.45. The van der Waals surface area contributed by atoms with Gasteiger partial charge in [0.1, 0.15) is 10.7 Å². The third-order valence-electron chi connectivity index (χ3n) is 4.19. The smallest absolute Gasteiger partial charge is 0.251 e. The summed E-state index contributed by atoms with van der Waals surface area (Å²) in [5.41, 5.74) is 0.237. The second-order valence-electron chi connectivity index (χ2n) is 5.97. The molecule has 1 amide bonds. The van der Waals surface area contributed by atoms with E-state index in [0.717, 1.165) is 12.8 Å². The zero-order valence-electron chi connectivity index (χ0n) is 13.7. The maximum absolute atomic E-state index is 12.7. The number of amides is 1. The Bertz CT molecular complexity index is 859. The van der Waals surface area contributed by atoms with Gasteiger partial charge in [0.2, 0.25) is 10.0 Å². The third kappa shape index (κ3) is 3.73. The Kier molecular flexibility index (Phi) is 5.17. The van der Waals surface area contributed by atoms with Gasteiger partial charge in [-0.15, -0.1) is 0 Å². The molecule has 0 bridgehead atoms. The van der Waals surface area contributed by atoms with E-state index in [0.29, 0.717) is 18.8 Å². The van der Waals surface area contributed by atoms with E-state index in [4.69, 9.17) is 16.0 Å². The number of halogens is 1. The predicted octanol–water partition coefficient (Wildman–Crippen LogP) is 3.21. The molecular weight excluding hydrogens is 364 g/mol. The summed E-state index contributed by atoms with van der Waals surface area (Å²) in [5.74, 6) is 0.227. The van der Waals surface area contributed by atoms with Gasteiger partial charge in [0.15, 0.2) is 0 Å². The van der Waals surface area contributed by atoms with Crippen LogP contribution in [0.2, 0.25) is 5.02 Å². The Morgan fingerprint density at radius 2 is 2.00 bits per heavy atom. The lowest BCUT2D eigenvalue weighted by Crippen LogP contribution is -2.29. The molecule has 1 aliphatic heterocycles. The summed E-state index contributed by atoms with van der Waals surface area (Å²) in [5, 5.41) is 2.90. The average Bonchev–Trinajstić information content (AvgIpc) is 3.28. The summed E-state index contributed by atoms with van der Waals surface area (Å²) in [4.78, 5) is 12.4. The van der Waals surface area contributed by atoms with Crippen molar-refractivity contribution in [3.63, 3.8) is 0 Å². The Hall–Kier alpha value is -1.83. The van der Waals surface area contributed by atoms with Gasteiger partial charge < -0.3 is 9.73 Å². The monoisotopic (exact) mass is 382 g/mol. The van der Waals surface area contributed by atoms with Crippen LogP contribution in [0.15, 0.2) is 45.9 Å². The van der Waals surface area contributed by atoms with E-state index in [2.05, 4.69) is 5.32 Å². The number of furan rings is 1. The molecule has 1 aromatic carbocycles. The predicted molar refractivity (Wildman–Crippen MR) is 94.0 cm³/mol. The highest BCUT2D eigenvalue weighted by molar-refractivity contribution is 7.89. The maximum Gasteiger partial charge on any atom is 0.251 e. The van der Waals surface area contributed by atoms with Crippen LogP contribution in [-0.2, 0) is 10.0 Å². The van der Waals surface area contributed by atoms with Crippen molar-refractivity contribution < 1.29 is 17.6 Å².